The van der Waals surface area contributed by atoms with Crippen LogP contribution in [-0.2, 0) is 11.2 Å². The highest BCUT2D eigenvalue weighted by atomic mass is 16.2. The summed E-state index contributed by atoms with van der Waals surface area (Å²) in [6, 6.07) is 8.96. The molecular weight excluding hydrogens is 324 g/mol. The number of benzene rings is 1. The second-order valence-electron chi connectivity index (χ2n) is 7.30. The van der Waals surface area contributed by atoms with Crippen molar-refractivity contribution in [1.29, 1.82) is 0 Å². The highest BCUT2D eigenvalue weighted by Gasteiger charge is 2.23. The fourth-order valence-corrected chi connectivity index (χ4v) is 3.37. The lowest BCUT2D eigenvalue weighted by atomic mass is 10.0. The summed E-state index contributed by atoms with van der Waals surface area (Å²) in [6.07, 6.45) is 8.34. The molecule has 1 aromatic carbocycles. The van der Waals surface area contributed by atoms with E-state index >= 15 is 0 Å². The van der Waals surface area contributed by atoms with Crippen LogP contribution in [0.4, 0.5) is 5.69 Å². The Morgan fingerprint density at radius 1 is 1.27 bits per heavy atom. The molecule has 0 aliphatic carbocycles. The maximum atomic E-state index is 12.5. The van der Waals surface area contributed by atoms with E-state index < -0.39 is 0 Å². The number of carbonyl (C=O) groups is 1. The Morgan fingerprint density at radius 2 is 2.08 bits per heavy atom. The molecule has 0 bridgehead atoms. The normalized spacial score (nSPS) is 17.3. The number of anilines is 1. The summed E-state index contributed by atoms with van der Waals surface area (Å²) in [6.45, 7) is 6.02. The van der Waals surface area contributed by atoms with E-state index in [9.17, 15) is 4.79 Å². The molecule has 1 saturated heterocycles. The molecule has 1 atom stereocenters. The van der Waals surface area contributed by atoms with Crippen molar-refractivity contribution in [3.63, 3.8) is 0 Å². The van der Waals surface area contributed by atoms with Crippen LogP contribution < -0.4 is 5.32 Å². The molecular formula is C21H28N4O. The van der Waals surface area contributed by atoms with Gasteiger partial charge in [0.15, 0.2) is 0 Å². The number of carbonyl (C=O) groups excluding carboxylic acids is 1. The largest absolute Gasteiger partial charge is 0.381 e. The smallest absolute Gasteiger partial charge is 0.223 e. The average Bonchev–Trinajstić information content (AvgIpc) is 2.67. The number of nitrogens with zero attached hydrogens (tertiary/aromatic N) is 3. The first-order valence-electron chi connectivity index (χ1n) is 9.51. The molecule has 1 N–H and O–H groups in total. The second kappa shape index (κ2) is 8.79. The molecule has 26 heavy (non-hydrogen) atoms. The maximum Gasteiger partial charge on any atom is 0.223 e. The Hall–Kier alpha value is -2.43. The van der Waals surface area contributed by atoms with Crippen LogP contribution in [0.3, 0.4) is 0 Å². The molecule has 2 heterocycles. The highest BCUT2D eigenvalue weighted by Crippen LogP contribution is 2.20. The number of amides is 1. The van der Waals surface area contributed by atoms with Crippen molar-refractivity contribution in [2.75, 3.05) is 18.4 Å². The van der Waals surface area contributed by atoms with Gasteiger partial charge in [0.05, 0.1) is 5.69 Å². The predicted molar refractivity (Wildman–Crippen MR) is 104 cm³/mol. The fraction of sp³-hybridized carbons (Fsp3) is 0.476. The zero-order chi connectivity index (χ0) is 18.4. The van der Waals surface area contributed by atoms with Gasteiger partial charge in [0.1, 0.15) is 0 Å². The van der Waals surface area contributed by atoms with Crippen molar-refractivity contribution in [2.45, 2.75) is 51.5 Å². The zero-order valence-electron chi connectivity index (χ0n) is 15.7. The summed E-state index contributed by atoms with van der Waals surface area (Å²) in [5, 5.41) is 3.59. The Bertz CT molecular complexity index is 700. The minimum absolute atomic E-state index is 0.206. The third-order valence-electron chi connectivity index (χ3n) is 4.93. The summed E-state index contributed by atoms with van der Waals surface area (Å²) in [5.74, 6) is 0.749. The molecule has 0 spiro atoms. The molecule has 1 fully saturated rings. The van der Waals surface area contributed by atoms with Gasteiger partial charge >= 0.3 is 0 Å². The van der Waals surface area contributed by atoms with Crippen molar-refractivity contribution in [3.05, 3.63) is 54.1 Å². The Kier molecular flexibility index (Phi) is 6.21. The number of hydrogen-bond donors (Lipinski definition) is 1. The first-order chi connectivity index (χ1) is 12.6. The van der Waals surface area contributed by atoms with Crippen LogP contribution in [0.25, 0.3) is 0 Å². The van der Waals surface area contributed by atoms with E-state index in [4.69, 9.17) is 0 Å². The Morgan fingerprint density at radius 3 is 2.77 bits per heavy atom. The average molecular weight is 352 g/mol. The highest BCUT2D eigenvalue weighted by molar-refractivity contribution is 5.76. The molecule has 1 aliphatic rings. The number of nitrogens with one attached hydrogen (secondary N) is 1. The van der Waals surface area contributed by atoms with Gasteiger partial charge in [-0.15, -0.1) is 0 Å². The van der Waals surface area contributed by atoms with Crippen LogP contribution in [0.5, 0.6) is 0 Å². The van der Waals surface area contributed by atoms with E-state index in [2.05, 4.69) is 53.4 Å². The molecule has 5 heteroatoms. The lowest BCUT2D eigenvalue weighted by molar-refractivity contribution is -0.132. The van der Waals surface area contributed by atoms with Crippen molar-refractivity contribution in [3.8, 4) is 0 Å². The lowest BCUT2D eigenvalue weighted by Crippen LogP contribution is -2.45. The van der Waals surface area contributed by atoms with Gasteiger partial charge in [-0.25, -0.2) is 0 Å². The van der Waals surface area contributed by atoms with Crippen LogP contribution in [0, 0.1) is 0 Å². The third kappa shape index (κ3) is 5.04. The summed E-state index contributed by atoms with van der Waals surface area (Å²) < 4.78 is 0. The van der Waals surface area contributed by atoms with Crippen LogP contribution >= 0.6 is 0 Å². The van der Waals surface area contributed by atoms with E-state index in [1.54, 1.807) is 18.6 Å². The van der Waals surface area contributed by atoms with Gasteiger partial charge in [0.2, 0.25) is 5.91 Å². The number of likely N-dealkylation sites (tertiary alicyclic amines) is 1. The minimum Gasteiger partial charge on any atom is -0.381 e. The number of aryl methyl sites for hydroxylation is 1. The standard InChI is InChI=1S/C21H28N4O/c1-16(2)17-5-7-18(8-6-17)24-20-4-3-13-25(15-20)21(26)10-9-19-14-22-11-12-23-19/h5-8,11-12,14,16,20,24H,3-4,9-10,13,15H2,1-2H3. The van der Waals surface area contributed by atoms with E-state index in [-0.39, 0.29) is 5.91 Å². The monoisotopic (exact) mass is 352 g/mol. The van der Waals surface area contributed by atoms with Crippen LogP contribution in [0.1, 0.15) is 50.3 Å². The van der Waals surface area contributed by atoms with Crippen LogP contribution in [0.2, 0.25) is 0 Å². The molecule has 5 nitrogen and oxygen atoms in total. The van der Waals surface area contributed by atoms with E-state index in [0.29, 0.717) is 24.8 Å². The van der Waals surface area contributed by atoms with Gasteiger partial charge in [0.25, 0.3) is 0 Å². The van der Waals surface area contributed by atoms with Gasteiger partial charge in [0, 0.05) is 49.8 Å². The van der Waals surface area contributed by atoms with Crippen LogP contribution in [-0.4, -0.2) is 39.9 Å². The first-order valence-corrected chi connectivity index (χ1v) is 9.51. The Balaban J connectivity index is 1.51. The van der Waals surface area contributed by atoms with Crippen LogP contribution in [0.15, 0.2) is 42.9 Å². The lowest BCUT2D eigenvalue weighted by Gasteiger charge is -2.34. The molecule has 0 saturated carbocycles. The van der Waals surface area contributed by atoms with Gasteiger partial charge in [-0.1, -0.05) is 26.0 Å². The summed E-state index contributed by atoms with van der Waals surface area (Å²) >= 11 is 0. The van der Waals surface area contributed by atoms with Crippen molar-refractivity contribution >= 4 is 11.6 Å². The maximum absolute atomic E-state index is 12.5. The van der Waals surface area contributed by atoms with Gasteiger partial charge in [-0.05, 0) is 42.9 Å². The molecule has 0 radical (unpaired) electrons. The second-order valence-corrected chi connectivity index (χ2v) is 7.30. The quantitative estimate of drug-likeness (QED) is 0.862. The molecule has 1 aromatic heterocycles. The van der Waals surface area contributed by atoms with E-state index in [1.165, 1.54) is 5.56 Å². The third-order valence-corrected chi connectivity index (χ3v) is 4.93. The molecule has 138 valence electrons. The number of hydrogen-bond acceptors (Lipinski definition) is 4. The topological polar surface area (TPSA) is 58.1 Å². The molecule has 1 unspecified atom stereocenters. The number of aromatic nitrogens is 2. The molecule has 2 aromatic rings. The Labute approximate surface area is 155 Å². The predicted octanol–water partition coefficient (Wildman–Crippen LogP) is 3.64. The number of piperidine rings is 1. The summed E-state index contributed by atoms with van der Waals surface area (Å²) in [5.41, 5.74) is 3.35. The van der Waals surface area contributed by atoms with Crippen molar-refractivity contribution in [1.82, 2.24) is 14.9 Å². The van der Waals surface area contributed by atoms with E-state index in [1.807, 2.05) is 4.90 Å². The molecule has 1 amide bonds. The van der Waals surface area contributed by atoms with Crippen molar-refractivity contribution < 1.29 is 4.79 Å². The first kappa shape index (κ1) is 18.4. The molecule has 1 aliphatic heterocycles. The SMILES string of the molecule is CC(C)c1ccc(NC2CCCN(C(=O)CCc3cnccn3)C2)cc1. The minimum atomic E-state index is 0.206. The zero-order valence-corrected chi connectivity index (χ0v) is 15.7. The number of rotatable bonds is 6. The van der Waals surface area contributed by atoms with Gasteiger partial charge < -0.3 is 10.2 Å². The van der Waals surface area contributed by atoms with E-state index in [0.717, 1.165) is 37.3 Å². The van der Waals surface area contributed by atoms with Gasteiger partial charge in [-0.3, -0.25) is 14.8 Å². The summed E-state index contributed by atoms with van der Waals surface area (Å²) in [7, 11) is 0. The van der Waals surface area contributed by atoms with Gasteiger partial charge in [-0.2, -0.15) is 0 Å². The van der Waals surface area contributed by atoms with Crippen molar-refractivity contribution in [2.24, 2.45) is 0 Å². The summed E-state index contributed by atoms with van der Waals surface area (Å²) in [4.78, 5) is 22.8. The molecule has 3 rings (SSSR count). The fourth-order valence-electron chi connectivity index (χ4n) is 3.37.